The molecule has 3 rings (SSSR count). The molecule has 1 aromatic rings. The molecule has 1 saturated carbocycles. The molecule has 2 unspecified atom stereocenters. The molecule has 3 heteroatoms. The predicted octanol–water partition coefficient (Wildman–Crippen LogP) is 4.47. The average Bonchev–Trinajstić information content (AvgIpc) is 2.93. The van der Waals surface area contributed by atoms with E-state index in [-0.39, 0.29) is 5.82 Å². The van der Waals surface area contributed by atoms with Gasteiger partial charge >= 0.3 is 0 Å². The highest BCUT2D eigenvalue weighted by molar-refractivity contribution is 9.10. The summed E-state index contributed by atoms with van der Waals surface area (Å²) in [6.45, 7) is 2.21. The van der Waals surface area contributed by atoms with Gasteiger partial charge in [-0.15, -0.1) is 0 Å². The zero-order chi connectivity index (χ0) is 13.2. The van der Waals surface area contributed by atoms with Crippen LogP contribution in [0.5, 0.6) is 0 Å². The topological polar surface area (TPSA) is 12.0 Å². The molecule has 1 aliphatic heterocycles. The van der Waals surface area contributed by atoms with Crippen LogP contribution in [0, 0.1) is 17.7 Å². The Morgan fingerprint density at radius 1 is 1.16 bits per heavy atom. The minimum atomic E-state index is -0.151. The van der Waals surface area contributed by atoms with Crippen LogP contribution >= 0.6 is 15.9 Å². The molecule has 1 nitrogen and oxygen atoms in total. The van der Waals surface area contributed by atoms with E-state index in [1.54, 1.807) is 12.1 Å². The SMILES string of the molecule is Fc1ccc(C2CCNCC2C2CCCC2)c(Br)c1. The highest BCUT2D eigenvalue weighted by atomic mass is 79.9. The molecule has 0 aromatic heterocycles. The lowest BCUT2D eigenvalue weighted by Crippen LogP contribution is -2.38. The van der Waals surface area contributed by atoms with Gasteiger partial charge in [-0.2, -0.15) is 0 Å². The Bertz CT molecular complexity index is 442. The van der Waals surface area contributed by atoms with Gasteiger partial charge in [0.15, 0.2) is 0 Å². The van der Waals surface area contributed by atoms with Crippen LogP contribution in [0.25, 0.3) is 0 Å². The van der Waals surface area contributed by atoms with E-state index < -0.39 is 0 Å². The van der Waals surface area contributed by atoms with Crippen LogP contribution < -0.4 is 5.32 Å². The minimum Gasteiger partial charge on any atom is -0.316 e. The second-order valence-corrected chi connectivity index (χ2v) is 6.83. The van der Waals surface area contributed by atoms with Crippen LogP contribution in [-0.4, -0.2) is 13.1 Å². The van der Waals surface area contributed by atoms with Gasteiger partial charge in [0, 0.05) is 4.47 Å². The van der Waals surface area contributed by atoms with E-state index in [0.29, 0.717) is 5.92 Å². The third-order valence-electron chi connectivity index (χ3n) is 4.90. The number of hydrogen-bond acceptors (Lipinski definition) is 1. The van der Waals surface area contributed by atoms with Crippen molar-refractivity contribution in [2.75, 3.05) is 13.1 Å². The maximum absolute atomic E-state index is 13.3. The van der Waals surface area contributed by atoms with E-state index in [1.807, 2.05) is 6.07 Å². The van der Waals surface area contributed by atoms with Crippen molar-refractivity contribution in [1.82, 2.24) is 5.32 Å². The van der Waals surface area contributed by atoms with Gasteiger partial charge in [-0.25, -0.2) is 4.39 Å². The van der Waals surface area contributed by atoms with Gasteiger partial charge in [-0.3, -0.25) is 0 Å². The Balaban J connectivity index is 1.86. The lowest BCUT2D eigenvalue weighted by Gasteiger charge is -2.37. The van der Waals surface area contributed by atoms with E-state index in [4.69, 9.17) is 0 Å². The Hall–Kier alpha value is -0.410. The molecular formula is C16H21BrFN. The van der Waals surface area contributed by atoms with Crippen molar-refractivity contribution in [2.45, 2.75) is 38.0 Å². The van der Waals surface area contributed by atoms with Gasteiger partial charge < -0.3 is 5.32 Å². The molecule has 1 heterocycles. The van der Waals surface area contributed by atoms with Gasteiger partial charge in [-0.1, -0.05) is 47.7 Å². The van der Waals surface area contributed by atoms with E-state index in [1.165, 1.54) is 37.7 Å². The van der Waals surface area contributed by atoms with Crippen LogP contribution in [0.3, 0.4) is 0 Å². The fourth-order valence-electron chi connectivity index (χ4n) is 3.95. The van der Waals surface area contributed by atoms with Gasteiger partial charge in [0.2, 0.25) is 0 Å². The molecule has 0 amide bonds. The van der Waals surface area contributed by atoms with Crippen molar-refractivity contribution in [3.8, 4) is 0 Å². The van der Waals surface area contributed by atoms with Crippen molar-refractivity contribution in [2.24, 2.45) is 11.8 Å². The number of nitrogens with one attached hydrogen (secondary N) is 1. The summed E-state index contributed by atoms with van der Waals surface area (Å²) in [7, 11) is 0. The fraction of sp³-hybridized carbons (Fsp3) is 0.625. The molecule has 2 fully saturated rings. The highest BCUT2D eigenvalue weighted by Crippen LogP contribution is 2.43. The van der Waals surface area contributed by atoms with Crippen LogP contribution in [0.1, 0.15) is 43.6 Å². The van der Waals surface area contributed by atoms with Gasteiger partial charge in [0.05, 0.1) is 0 Å². The lowest BCUT2D eigenvalue weighted by atomic mass is 9.73. The fourth-order valence-corrected chi connectivity index (χ4v) is 4.60. The van der Waals surface area contributed by atoms with E-state index in [9.17, 15) is 4.39 Å². The first kappa shape index (κ1) is 13.6. The number of piperidine rings is 1. The van der Waals surface area contributed by atoms with Gasteiger partial charge in [-0.05, 0) is 55.0 Å². The number of hydrogen-bond donors (Lipinski definition) is 1. The Kier molecular flexibility index (Phi) is 4.23. The van der Waals surface area contributed by atoms with Crippen molar-refractivity contribution in [3.05, 3.63) is 34.1 Å². The molecule has 19 heavy (non-hydrogen) atoms. The smallest absolute Gasteiger partial charge is 0.124 e. The van der Waals surface area contributed by atoms with Crippen LogP contribution in [0.2, 0.25) is 0 Å². The number of halogens is 2. The van der Waals surface area contributed by atoms with Crippen LogP contribution in [0.15, 0.2) is 22.7 Å². The first-order valence-electron chi connectivity index (χ1n) is 7.41. The summed E-state index contributed by atoms with van der Waals surface area (Å²) in [5.41, 5.74) is 1.31. The third-order valence-corrected chi connectivity index (χ3v) is 5.58. The van der Waals surface area contributed by atoms with E-state index >= 15 is 0 Å². The van der Waals surface area contributed by atoms with E-state index in [2.05, 4.69) is 21.2 Å². The molecule has 1 aromatic carbocycles. The quantitative estimate of drug-likeness (QED) is 0.845. The van der Waals surface area contributed by atoms with Crippen molar-refractivity contribution in [3.63, 3.8) is 0 Å². The summed E-state index contributed by atoms with van der Waals surface area (Å²) < 4.78 is 14.2. The normalized spacial score (nSPS) is 28.7. The maximum Gasteiger partial charge on any atom is 0.124 e. The van der Waals surface area contributed by atoms with E-state index in [0.717, 1.165) is 29.4 Å². The lowest BCUT2D eigenvalue weighted by molar-refractivity contribution is 0.230. The zero-order valence-electron chi connectivity index (χ0n) is 11.2. The Morgan fingerprint density at radius 2 is 1.95 bits per heavy atom. The highest BCUT2D eigenvalue weighted by Gasteiger charge is 2.34. The summed E-state index contributed by atoms with van der Waals surface area (Å²) in [6.07, 6.45) is 6.70. The maximum atomic E-state index is 13.3. The zero-order valence-corrected chi connectivity index (χ0v) is 12.8. The molecule has 2 aliphatic rings. The monoisotopic (exact) mass is 325 g/mol. The van der Waals surface area contributed by atoms with Crippen molar-refractivity contribution < 1.29 is 4.39 Å². The Morgan fingerprint density at radius 3 is 2.68 bits per heavy atom. The largest absolute Gasteiger partial charge is 0.316 e. The first-order chi connectivity index (χ1) is 9.25. The Labute approximate surface area is 123 Å². The van der Waals surface area contributed by atoms with Gasteiger partial charge in [0.1, 0.15) is 5.82 Å². The molecule has 104 valence electrons. The number of rotatable bonds is 2. The molecule has 0 bridgehead atoms. The number of benzene rings is 1. The molecule has 1 N–H and O–H groups in total. The van der Waals surface area contributed by atoms with Gasteiger partial charge in [0.25, 0.3) is 0 Å². The first-order valence-corrected chi connectivity index (χ1v) is 8.20. The van der Waals surface area contributed by atoms with Crippen LogP contribution in [-0.2, 0) is 0 Å². The molecule has 0 radical (unpaired) electrons. The predicted molar refractivity (Wildman–Crippen MR) is 79.8 cm³/mol. The summed E-state index contributed by atoms with van der Waals surface area (Å²) in [6, 6.07) is 5.20. The van der Waals surface area contributed by atoms with Crippen molar-refractivity contribution >= 4 is 15.9 Å². The molecular weight excluding hydrogens is 305 g/mol. The summed E-state index contributed by atoms with van der Waals surface area (Å²) >= 11 is 3.56. The molecule has 1 saturated heterocycles. The summed E-state index contributed by atoms with van der Waals surface area (Å²) in [4.78, 5) is 0. The third kappa shape index (κ3) is 2.87. The van der Waals surface area contributed by atoms with Crippen molar-refractivity contribution in [1.29, 1.82) is 0 Å². The standard InChI is InChI=1S/C16H21BrFN/c17-16-9-12(18)5-6-14(16)13-7-8-19-10-15(13)11-3-1-2-4-11/h5-6,9,11,13,15,19H,1-4,7-8,10H2. The molecule has 2 atom stereocenters. The second kappa shape index (κ2) is 5.92. The summed E-state index contributed by atoms with van der Waals surface area (Å²) in [5.74, 6) is 2.01. The van der Waals surface area contributed by atoms with Crippen LogP contribution in [0.4, 0.5) is 4.39 Å². The molecule has 0 spiro atoms. The minimum absolute atomic E-state index is 0.151. The summed E-state index contributed by atoms with van der Waals surface area (Å²) in [5, 5.41) is 3.55. The molecule has 1 aliphatic carbocycles. The average molecular weight is 326 g/mol. The second-order valence-electron chi connectivity index (χ2n) is 5.97.